The minimum atomic E-state index is -0.511. The van der Waals surface area contributed by atoms with E-state index in [0.717, 1.165) is 10.9 Å². The van der Waals surface area contributed by atoms with E-state index < -0.39 is 18.2 Å². The lowest BCUT2D eigenvalue weighted by Crippen LogP contribution is -2.32. The van der Waals surface area contributed by atoms with E-state index >= 15 is 0 Å². The second-order valence-corrected chi connectivity index (χ2v) is 7.48. The summed E-state index contributed by atoms with van der Waals surface area (Å²) in [7, 11) is 4.71. The molecule has 7 heteroatoms. The van der Waals surface area contributed by atoms with Gasteiger partial charge in [-0.25, -0.2) is 4.79 Å². The molecular formula is C25H26O7. The highest BCUT2D eigenvalue weighted by Gasteiger charge is 2.38. The van der Waals surface area contributed by atoms with E-state index in [-0.39, 0.29) is 13.4 Å². The van der Waals surface area contributed by atoms with Gasteiger partial charge in [0.25, 0.3) is 0 Å². The lowest BCUT2D eigenvalue weighted by molar-refractivity contribution is -0.118. The molecule has 3 aromatic carbocycles. The molecule has 1 aliphatic rings. The molecule has 0 saturated heterocycles. The summed E-state index contributed by atoms with van der Waals surface area (Å²) >= 11 is 0. The van der Waals surface area contributed by atoms with Crippen LogP contribution in [0.5, 0.6) is 17.2 Å². The molecule has 0 spiro atoms. The highest BCUT2D eigenvalue weighted by Crippen LogP contribution is 2.46. The number of rotatable bonds is 8. The number of hydrogen-bond donors (Lipinski definition) is 0. The van der Waals surface area contributed by atoms with Crippen molar-refractivity contribution in [1.29, 1.82) is 0 Å². The van der Waals surface area contributed by atoms with Crippen LogP contribution in [0.25, 0.3) is 10.8 Å². The quantitative estimate of drug-likeness (QED) is 0.374. The maximum absolute atomic E-state index is 13.1. The Morgan fingerprint density at radius 1 is 1.00 bits per heavy atom. The van der Waals surface area contributed by atoms with Gasteiger partial charge in [0, 0.05) is 18.7 Å². The zero-order valence-corrected chi connectivity index (χ0v) is 18.5. The molecule has 0 radical (unpaired) electrons. The van der Waals surface area contributed by atoms with Gasteiger partial charge in [0.1, 0.15) is 48.4 Å². The van der Waals surface area contributed by atoms with E-state index in [1.165, 1.54) is 0 Å². The van der Waals surface area contributed by atoms with Crippen LogP contribution in [0.1, 0.15) is 34.5 Å². The Morgan fingerprint density at radius 2 is 1.78 bits per heavy atom. The zero-order chi connectivity index (χ0) is 22.7. The zero-order valence-electron chi connectivity index (χ0n) is 18.5. The predicted molar refractivity (Wildman–Crippen MR) is 118 cm³/mol. The maximum Gasteiger partial charge on any atom is 0.342 e. The van der Waals surface area contributed by atoms with Crippen molar-refractivity contribution in [1.82, 2.24) is 0 Å². The molecule has 32 heavy (non-hydrogen) atoms. The fourth-order valence-electron chi connectivity index (χ4n) is 3.96. The SMILES string of the molecule is COCO[C@@H]1c2cc3cc(OC)cc(OC)c3c(OCc3ccccc3)c2C(=O)O[C@H]1C. The Balaban J connectivity index is 1.94. The highest BCUT2D eigenvalue weighted by molar-refractivity contribution is 6.06. The first-order valence-corrected chi connectivity index (χ1v) is 10.3. The van der Waals surface area contributed by atoms with Gasteiger partial charge >= 0.3 is 5.97 Å². The normalized spacial score (nSPS) is 17.6. The minimum absolute atomic E-state index is 0.0612. The van der Waals surface area contributed by atoms with Crippen molar-refractivity contribution in [2.45, 2.75) is 25.7 Å². The number of cyclic esters (lactones) is 1. The van der Waals surface area contributed by atoms with Gasteiger partial charge < -0.3 is 28.4 Å². The number of ether oxygens (including phenoxy) is 6. The number of esters is 1. The third-order valence-electron chi connectivity index (χ3n) is 5.44. The second-order valence-electron chi connectivity index (χ2n) is 7.48. The monoisotopic (exact) mass is 438 g/mol. The predicted octanol–water partition coefficient (Wildman–Crippen LogP) is 4.66. The molecule has 1 heterocycles. The third-order valence-corrected chi connectivity index (χ3v) is 5.44. The van der Waals surface area contributed by atoms with Crippen molar-refractivity contribution < 1.29 is 33.2 Å². The third kappa shape index (κ3) is 4.09. The van der Waals surface area contributed by atoms with Crippen molar-refractivity contribution in [3.8, 4) is 17.2 Å². The fraction of sp³-hybridized carbons (Fsp3) is 0.320. The van der Waals surface area contributed by atoms with Gasteiger partial charge in [-0.15, -0.1) is 0 Å². The van der Waals surface area contributed by atoms with Crippen LogP contribution in [-0.4, -0.2) is 40.2 Å². The first-order valence-electron chi connectivity index (χ1n) is 10.3. The molecule has 3 aromatic rings. The van der Waals surface area contributed by atoms with Gasteiger partial charge in [0.05, 0.1) is 19.6 Å². The molecule has 4 rings (SSSR count). The first kappa shape index (κ1) is 21.9. The molecule has 0 amide bonds. The fourth-order valence-corrected chi connectivity index (χ4v) is 3.96. The Hall–Kier alpha value is -3.29. The molecule has 0 aliphatic carbocycles. The summed E-state index contributed by atoms with van der Waals surface area (Å²) in [4.78, 5) is 13.1. The van der Waals surface area contributed by atoms with Gasteiger partial charge in [0.2, 0.25) is 0 Å². The van der Waals surface area contributed by atoms with Gasteiger partial charge in [-0.1, -0.05) is 30.3 Å². The van der Waals surface area contributed by atoms with Gasteiger partial charge in [-0.2, -0.15) is 0 Å². The average Bonchev–Trinajstić information content (AvgIpc) is 2.81. The Morgan fingerprint density at radius 3 is 2.47 bits per heavy atom. The van der Waals surface area contributed by atoms with Crippen molar-refractivity contribution in [2.24, 2.45) is 0 Å². The lowest BCUT2D eigenvalue weighted by atomic mass is 9.91. The number of methoxy groups -OCH3 is 3. The molecule has 0 saturated carbocycles. The summed E-state index contributed by atoms with van der Waals surface area (Å²) in [6.07, 6.45) is -1.000. The van der Waals surface area contributed by atoms with Crippen molar-refractivity contribution in [2.75, 3.05) is 28.1 Å². The summed E-state index contributed by atoms with van der Waals surface area (Å²) in [5.74, 6) is 1.09. The van der Waals surface area contributed by atoms with Crippen LogP contribution < -0.4 is 14.2 Å². The van der Waals surface area contributed by atoms with Crippen LogP contribution in [0.4, 0.5) is 0 Å². The van der Waals surface area contributed by atoms with E-state index in [0.29, 0.717) is 33.8 Å². The molecule has 0 N–H and O–H groups in total. The largest absolute Gasteiger partial charge is 0.497 e. The lowest BCUT2D eigenvalue weighted by Gasteiger charge is -2.32. The molecular weight excluding hydrogens is 412 g/mol. The molecule has 2 atom stereocenters. The van der Waals surface area contributed by atoms with Crippen LogP contribution in [0.15, 0.2) is 48.5 Å². The summed E-state index contributed by atoms with van der Waals surface area (Å²) in [6, 6.07) is 15.3. The summed E-state index contributed by atoms with van der Waals surface area (Å²) < 4.78 is 34.0. The molecule has 1 aliphatic heterocycles. The molecule has 0 aromatic heterocycles. The van der Waals surface area contributed by atoms with E-state index in [2.05, 4.69) is 0 Å². The van der Waals surface area contributed by atoms with Gasteiger partial charge in [-0.3, -0.25) is 0 Å². The van der Waals surface area contributed by atoms with E-state index in [1.807, 2.05) is 42.5 Å². The number of carbonyl (C=O) groups excluding carboxylic acids is 1. The Labute approximate surface area is 186 Å². The van der Waals surface area contributed by atoms with E-state index in [9.17, 15) is 4.79 Å². The molecule has 0 unspecified atom stereocenters. The first-order chi connectivity index (χ1) is 15.6. The van der Waals surface area contributed by atoms with Crippen molar-refractivity contribution >= 4 is 16.7 Å². The van der Waals surface area contributed by atoms with Crippen LogP contribution in [-0.2, 0) is 20.8 Å². The summed E-state index contributed by atoms with van der Waals surface area (Å²) in [5.41, 5.74) is 1.98. The molecule has 0 bridgehead atoms. The van der Waals surface area contributed by atoms with Gasteiger partial charge in [-0.05, 0) is 30.0 Å². The summed E-state index contributed by atoms with van der Waals surface area (Å²) in [6.45, 7) is 2.13. The van der Waals surface area contributed by atoms with Crippen molar-refractivity contribution in [3.63, 3.8) is 0 Å². The van der Waals surface area contributed by atoms with E-state index in [4.69, 9.17) is 28.4 Å². The highest BCUT2D eigenvalue weighted by atomic mass is 16.7. The van der Waals surface area contributed by atoms with Gasteiger partial charge in [0.15, 0.2) is 0 Å². The topological polar surface area (TPSA) is 72.5 Å². The van der Waals surface area contributed by atoms with Crippen LogP contribution in [0.3, 0.4) is 0 Å². The van der Waals surface area contributed by atoms with E-state index in [1.54, 1.807) is 34.3 Å². The minimum Gasteiger partial charge on any atom is -0.497 e. The van der Waals surface area contributed by atoms with Crippen LogP contribution in [0.2, 0.25) is 0 Å². The Kier molecular flexibility index (Phi) is 6.48. The van der Waals surface area contributed by atoms with Crippen LogP contribution in [0, 0.1) is 0 Å². The molecule has 7 nitrogen and oxygen atoms in total. The van der Waals surface area contributed by atoms with Crippen molar-refractivity contribution in [3.05, 3.63) is 65.2 Å². The molecule has 168 valence electrons. The number of carbonyl (C=O) groups is 1. The maximum atomic E-state index is 13.1. The average molecular weight is 438 g/mol. The standard InChI is InChI=1S/C25H26O7/c1-15-23(31-14-27-2)19-11-17-10-18(28-3)12-20(29-4)21(17)24(22(19)25(26)32-15)30-13-16-8-6-5-7-9-16/h5-12,15,23H,13-14H2,1-4H3/t15-,23-/m0/s1. The summed E-state index contributed by atoms with van der Waals surface area (Å²) in [5, 5.41) is 1.47. The molecule has 0 fully saturated rings. The number of fused-ring (bicyclic) bond motifs is 2. The second kappa shape index (κ2) is 9.46. The number of benzene rings is 3. The smallest absolute Gasteiger partial charge is 0.342 e. The van der Waals surface area contributed by atoms with Crippen LogP contribution >= 0.6 is 0 Å². The number of hydrogen-bond acceptors (Lipinski definition) is 7. The Bertz CT molecular complexity index is 1110.